The minimum absolute atomic E-state index is 0.129. The van der Waals surface area contributed by atoms with E-state index in [4.69, 9.17) is 20.4 Å². The lowest BCUT2D eigenvalue weighted by molar-refractivity contribution is -0.138. The topological polar surface area (TPSA) is 145 Å². The van der Waals surface area contributed by atoms with Gasteiger partial charge in [-0.1, -0.05) is 54.6 Å². The van der Waals surface area contributed by atoms with Crippen molar-refractivity contribution < 1.29 is 23.9 Å². The van der Waals surface area contributed by atoms with E-state index in [2.05, 4.69) is 5.32 Å². The number of rotatable bonds is 4. The summed E-state index contributed by atoms with van der Waals surface area (Å²) in [7, 11) is 0. The van der Waals surface area contributed by atoms with Crippen LogP contribution >= 0.6 is 0 Å². The summed E-state index contributed by atoms with van der Waals surface area (Å²) in [6.45, 7) is 0.171. The molecule has 0 spiro atoms. The molecule has 3 aromatic rings. The molecule has 2 aliphatic carbocycles. The number of benzene rings is 2. The highest BCUT2D eigenvalue weighted by Crippen LogP contribution is 2.45. The van der Waals surface area contributed by atoms with Gasteiger partial charge in [-0.3, -0.25) is 19.3 Å². The van der Waals surface area contributed by atoms with Crippen molar-refractivity contribution in [1.82, 2.24) is 20.2 Å². The van der Waals surface area contributed by atoms with Crippen molar-refractivity contribution in [2.45, 2.75) is 50.2 Å². The van der Waals surface area contributed by atoms with Crippen molar-refractivity contribution in [2.75, 3.05) is 6.54 Å². The number of para-hydroxylation sites is 1. The maximum absolute atomic E-state index is 13.7. The second-order valence-corrected chi connectivity index (χ2v) is 11.3. The van der Waals surface area contributed by atoms with Gasteiger partial charge in [-0.15, -0.1) is 0 Å². The quantitative estimate of drug-likeness (QED) is 0.458. The molecule has 42 heavy (non-hydrogen) atoms. The predicted octanol–water partition coefficient (Wildman–Crippen LogP) is 3.70. The fourth-order valence-electron chi connectivity index (χ4n) is 6.10. The standard InChI is InChI=1S/C32H32N5O5/c33-31(41)37-15-9-2-1-6-12-21-18-32(21,19-38)36-28(39)24-16-22(17-25(24)30(37)40)42-29-23-13-7-8-14-26(23)34-27(35-29)20-10-4-3-5-11-20/h3-8,10-14,21-22,24-25H,1-2,9,15-18H2,(H2,33,41)(H,36,39)/b12-6+. The number of nitrogens with one attached hydrogen (secondary N) is 1. The molecule has 2 fully saturated rings. The number of carbonyl (C=O) groups excluding carboxylic acids is 4. The molecule has 0 saturated heterocycles. The van der Waals surface area contributed by atoms with Gasteiger partial charge in [0.15, 0.2) is 5.82 Å². The smallest absolute Gasteiger partial charge is 0.321 e. The van der Waals surface area contributed by atoms with Gasteiger partial charge in [0.05, 0.1) is 22.7 Å². The molecule has 215 valence electrons. The number of urea groups is 1. The first kappa shape index (κ1) is 27.6. The Labute approximate surface area is 243 Å². The first-order chi connectivity index (χ1) is 20.4. The van der Waals surface area contributed by atoms with Gasteiger partial charge < -0.3 is 15.8 Å². The maximum atomic E-state index is 13.7. The average molecular weight is 567 g/mol. The molecule has 1 aromatic heterocycles. The van der Waals surface area contributed by atoms with E-state index >= 15 is 0 Å². The lowest BCUT2D eigenvalue weighted by Gasteiger charge is -2.26. The minimum Gasteiger partial charge on any atom is -0.474 e. The van der Waals surface area contributed by atoms with E-state index in [1.807, 2.05) is 73.0 Å². The lowest BCUT2D eigenvalue weighted by Crippen LogP contribution is -2.49. The van der Waals surface area contributed by atoms with Gasteiger partial charge in [0.2, 0.25) is 24.0 Å². The molecular formula is C32H32N5O5. The molecule has 1 radical (unpaired) electrons. The summed E-state index contributed by atoms with van der Waals surface area (Å²) < 4.78 is 6.45. The van der Waals surface area contributed by atoms with Crippen LogP contribution in [0.3, 0.4) is 0 Å². The Balaban J connectivity index is 1.33. The first-order valence-corrected chi connectivity index (χ1v) is 14.4. The Kier molecular flexibility index (Phi) is 7.45. The van der Waals surface area contributed by atoms with E-state index in [1.165, 1.54) is 0 Å². The van der Waals surface area contributed by atoms with Gasteiger partial charge in [0, 0.05) is 18.0 Å². The molecule has 0 bridgehead atoms. The van der Waals surface area contributed by atoms with Crippen molar-refractivity contribution in [3.63, 3.8) is 0 Å². The zero-order chi connectivity index (χ0) is 29.3. The zero-order valence-corrected chi connectivity index (χ0v) is 23.1. The van der Waals surface area contributed by atoms with Crippen LogP contribution < -0.4 is 15.8 Å². The van der Waals surface area contributed by atoms with E-state index in [1.54, 1.807) is 0 Å². The molecule has 3 aliphatic rings. The fraction of sp³-hybridized carbons (Fsp3) is 0.375. The highest BCUT2D eigenvalue weighted by atomic mass is 16.5. The van der Waals surface area contributed by atoms with Gasteiger partial charge >= 0.3 is 6.03 Å². The highest BCUT2D eigenvalue weighted by Gasteiger charge is 2.57. The van der Waals surface area contributed by atoms with E-state index in [0.717, 1.165) is 23.3 Å². The number of ether oxygens (including phenoxy) is 1. The molecule has 10 heteroatoms. The Hall–Kier alpha value is -4.60. The number of nitrogens with two attached hydrogens (primary N) is 1. The van der Waals surface area contributed by atoms with E-state index in [-0.39, 0.29) is 25.3 Å². The molecule has 1 aliphatic heterocycles. The number of hydrogen-bond acceptors (Lipinski definition) is 7. The van der Waals surface area contributed by atoms with E-state index in [9.17, 15) is 19.2 Å². The van der Waals surface area contributed by atoms with Gasteiger partial charge in [-0.2, -0.15) is 4.98 Å². The number of fused-ring (bicyclic) bond motifs is 3. The number of allylic oxidation sites excluding steroid dienone is 1. The predicted molar refractivity (Wildman–Crippen MR) is 155 cm³/mol. The summed E-state index contributed by atoms with van der Waals surface area (Å²) in [6.07, 6.45) is 8.26. The number of primary amides is 1. The minimum atomic E-state index is -1.10. The summed E-state index contributed by atoms with van der Waals surface area (Å²) in [5.74, 6) is -1.91. The van der Waals surface area contributed by atoms with Gasteiger partial charge in [0.25, 0.3) is 0 Å². The average Bonchev–Trinajstić information content (AvgIpc) is 3.51. The third-order valence-electron chi connectivity index (χ3n) is 8.50. The fourth-order valence-corrected chi connectivity index (χ4v) is 6.10. The molecule has 4 amide bonds. The summed E-state index contributed by atoms with van der Waals surface area (Å²) >= 11 is 0. The van der Waals surface area contributed by atoms with Crippen LogP contribution in [0.4, 0.5) is 4.79 Å². The molecular weight excluding hydrogens is 534 g/mol. The summed E-state index contributed by atoms with van der Waals surface area (Å²) in [6, 6.07) is 16.2. The van der Waals surface area contributed by atoms with Crippen LogP contribution in [0.2, 0.25) is 0 Å². The van der Waals surface area contributed by atoms with Gasteiger partial charge in [0.1, 0.15) is 11.6 Å². The van der Waals surface area contributed by atoms with Crippen LogP contribution in [0.5, 0.6) is 5.88 Å². The van der Waals surface area contributed by atoms with E-state index in [0.29, 0.717) is 35.4 Å². The Bertz CT molecular complexity index is 1560. The molecule has 2 aromatic carbocycles. The van der Waals surface area contributed by atoms with Crippen molar-refractivity contribution in [2.24, 2.45) is 23.5 Å². The van der Waals surface area contributed by atoms with E-state index < -0.39 is 41.3 Å². The normalized spacial score (nSPS) is 28.6. The van der Waals surface area contributed by atoms with Crippen molar-refractivity contribution >= 4 is 35.0 Å². The van der Waals surface area contributed by atoms with Crippen LogP contribution in [-0.4, -0.2) is 57.2 Å². The molecule has 3 N–H and O–H groups in total. The number of nitrogens with zero attached hydrogens (tertiary/aromatic N) is 3. The Morgan fingerprint density at radius 1 is 1.02 bits per heavy atom. The third kappa shape index (κ3) is 5.36. The number of aromatic nitrogens is 2. The number of carbonyl (C=O) groups is 3. The Morgan fingerprint density at radius 2 is 1.79 bits per heavy atom. The molecule has 2 saturated carbocycles. The van der Waals surface area contributed by atoms with Gasteiger partial charge in [-0.25, -0.2) is 9.78 Å². The number of amides is 4. The molecule has 5 atom stereocenters. The largest absolute Gasteiger partial charge is 0.474 e. The SMILES string of the molecule is NC(=O)N1CCCC/C=C/C2CC2([C]=O)NC(=O)C2CC(Oc3nc(-c4ccccc4)nc4ccccc34)CC2C1=O. The Morgan fingerprint density at radius 3 is 2.57 bits per heavy atom. The van der Waals surface area contributed by atoms with Crippen LogP contribution in [-0.2, 0) is 14.4 Å². The lowest BCUT2D eigenvalue weighted by atomic mass is 9.93. The molecule has 10 nitrogen and oxygen atoms in total. The zero-order valence-electron chi connectivity index (χ0n) is 23.1. The first-order valence-electron chi connectivity index (χ1n) is 14.4. The second kappa shape index (κ2) is 11.3. The molecule has 5 unspecified atom stereocenters. The summed E-state index contributed by atoms with van der Waals surface area (Å²) in [5.41, 5.74) is 6.05. The van der Waals surface area contributed by atoms with Crippen LogP contribution in [0, 0.1) is 17.8 Å². The molecule has 6 rings (SSSR count). The van der Waals surface area contributed by atoms with Crippen LogP contribution in [0.15, 0.2) is 66.7 Å². The monoisotopic (exact) mass is 566 g/mol. The summed E-state index contributed by atoms with van der Waals surface area (Å²) in [4.78, 5) is 62.1. The third-order valence-corrected chi connectivity index (χ3v) is 8.50. The van der Waals surface area contributed by atoms with Crippen LogP contribution in [0.1, 0.15) is 38.5 Å². The number of imide groups is 1. The summed E-state index contributed by atoms with van der Waals surface area (Å²) in [5, 5.41) is 3.57. The van der Waals surface area contributed by atoms with Crippen molar-refractivity contribution in [3.05, 3.63) is 66.7 Å². The number of hydrogen-bond donors (Lipinski definition) is 2. The second-order valence-electron chi connectivity index (χ2n) is 11.3. The van der Waals surface area contributed by atoms with Crippen molar-refractivity contribution in [3.8, 4) is 17.3 Å². The molecule has 2 heterocycles. The van der Waals surface area contributed by atoms with Crippen LogP contribution in [0.25, 0.3) is 22.3 Å². The maximum Gasteiger partial charge on any atom is 0.321 e. The van der Waals surface area contributed by atoms with Crippen molar-refractivity contribution in [1.29, 1.82) is 0 Å². The highest BCUT2D eigenvalue weighted by molar-refractivity contribution is 5.98. The van der Waals surface area contributed by atoms with Gasteiger partial charge in [-0.05, 0) is 50.7 Å².